The van der Waals surface area contributed by atoms with Crippen LogP contribution in [0.2, 0.25) is 0 Å². The summed E-state index contributed by atoms with van der Waals surface area (Å²) in [5.41, 5.74) is 0. The molecule has 132 valence electrons. The molecule has 0 aromatic rings. The van der Waals surface area contributed by atoms with Crippen LogP contribution in [-0.2, 0) is 26.5 Å². The third-order valence-electron chi connectivity index (χ3n) is 3.98. The summed E-state index contributed by atoms with van der Waals surface area (Å²) in [5, 5.41) is 10.2. The summed E-state index contributed by atoms with van der Waals surface area (Å²) in [5.74, 6) is -0.903. The van der Waals surface area contributed by atoms with E-state index in [1.165, 1.54) is 83.5 Å². The molecule has 4 heteroatoms. The molecule has 22 heavy (non-hydrogen) atoms. The van der Waals surface area contributed by atoms with Crippen LogP contribution in [0, 0.1) is 0 Å². The van der Waals surface area contributed by atoms with Gasteiger partial charge in [0.25, 0.3) is 0 Å². The fourth-order valence-corrected chi connectivity index (χ4v) is 2.64. The second-order valence-corrected chi connectivity index (χ2v) is 6.07. The van der Waals surface area contributed by atoms with E-state index in [1.54, 1.807) is 0 Å². The summed E-state index contributed by atoms with van der Waals surface area (Å²) in [7, 11) is 0. The van der Waals surface area contributed by atoms with Crippen LogP contribution < -0.4 is 5.11 Å². The molecule has 0 heterocycles. The first kappa shape index (κ1) is 27.0. The second-order valence-electron chi connectivity index (χ2n) is 6.07. The number of carbonyl (C=O) groups is 1. The Morgan fingerprint density at radius 2 is 0.909 bits per heavy atom. The minimum atomic E-state index is -0.903. The Labute approximate surface area is 152 Å². The molecule has 0 radical (unpaired) electrons. The van der Waals surface area contributed by atoms with E-state index in [1.807, 2.05) is 0 Å². The SMILES string of the molecule is CCCCCCCCCCCCCCCCCC(=O)[O-].O.[Ti]. The minimum absolute atomic E-state index is 0. The van der Waals surface area contributed by atoms with Gasteiger partial charge in [-0.1, -0.05) is 96.8 Å². The number of hydrogen-bond acceptors (Lipinski definition) is 2. The molecule has 0 fully saturated rings. The Balaban J connectivity index is -0.00000180. The minimum Gasteiger partial charge on any atom is -0.550 e. The van der Waals surface area contributed by atoms with Gasteiger partial charge in [-0.25, -0.2) is 0 Å². The van der Waals surface area contributed by atoms with Crippen molar-refractivity contribution in [2.24, 2.45) is 0 Å². The molecule has 0 bridgehead atoms. The predicted molar refractivity (Wildman–Crippen MR) is 88.2 cm³/mol. The van der Waals surface area contributed by atoms with Crippen LogP contribution in [0.1, 0.15) is 110 Å². The van der Waals surface area contributed by atoms with E-state index in [0.29, 0.717) is 0 Å². The van der Waals surface area contributed by atoms with E-state index in [2.05, 4.69) is 6.92 Å². The van der Waals surface area contributed by atoms with Crippen molar-refractivity contribution in [2.75, 3.05) is 0 Å². The van der Waals surface area contributed by atoms with Gasteiger partial charge >= 0.3 is 0 Å². The van der Waals surface area contributed by atoms with Crippen molar-refractivity contribution < 1.29 is 37.1 Å². The van der Waals surface area contributed by atoms with Gasteiger partial charge in [0.05, 0.1) is 0 Å². The molecule has 0 amide bonds. The van der Waals surface area contributed by atoms with E-state index in [4.69, 9.17) is 0 Å². The summed E-state index contributed by atoms with van der Waals surface area (Å²) < 4.78 is 0. The molecule has 3 nitrogen and oxygen atoms in total. The Hall–Kier alpha value is 0.144. The number of aliphatic carboxylic acids is 1. The van der Waals surface area contributed by atoms with Crippen molar-refractivity contribution in [1.29, 1.82) is 0 Å². The molecule has 0 unspecified atom stereocenters. The molecule has 0 aliphatic heterocycles. The zero-order valence-electron chi connectivity index (χ0n) is 14.6. The quantitative estimate of drug-likeness (QED) is 0.310. The average molecular weight is 349 g/mol. The number of carboxylic acid groups (broad SMARTS) is 1. The van der Waals surface area contributed by atoms with Gasteiger partial charge in [-0.3, -0.25) is 0 Å². The maximum atomic E-state index is 10.2. The zero-order chi connectivity index (χ0) is 14.9. The molecule has 0 atom stereocenters. The molecule has 0 saturated carbocycles. The van der Waals surface area contributed by atoms with Crippen molar-refractivity contribution in [2.45, 2.75) is 110 Å². The molecule has 2 N–H and O–H groups in total. The van der Waals surface area contributed by atoms with Gasteiger partial charge in [0.1, 0.15) is 0 Å². The Morgan fingerprint density at radius 3 is 1.18 bits per heavy atom. The van der Waals surface area contributed by atoms with Gasteiger partial charge < -0.3 is 15.4 Å². The fourth-order valence-electron chi connectivity index (χ4n) is 2.64. The zero-order valence-corrected chi connectivity index (χ0v) is 16.2. The molecule has 0 saturated heterocycles. The molecule has 0 rings (SSSR count). The normalized spacial score (nSPS) is 9.86. The van der Waals surface area contributed by atoms with Crippen molar-refractivity contribution in [3.63, 3.8) is 0 Å². The molecule has 0 aliphatic rings. The topological polar surface area (TPSA) is 71.6 Å². The van der Waals surface area contributed by atoms with E-state index in [-0.39, 0.29) is 33.6 Å². The molecular weight excluding hydrogens is 312 g/mol. The van der Waals surface area contributed by atoms with Gasteiger partial charge in [-0.2, -0.15) is 0 Å². The largest absolute Gasteiger partial charge is 0.550 e. The van der Waals surface area contributed by atoms with Gasteiger partial charge in [-0.15, -0.1) is 0 Å². The fraction of sp³-hybridized carbons (Fsp3) is 0.944. The standard InChI is InChI=1S/C18H36O2.H2O.Ti/c1-2-3-4-5-6-7-8-9-10-11-12-13-14-15-16-17-18(19)20;;/h2-17H2,1H3,(H,19,20);1H2;/p-1. The summed E-state index contributed by atoms with van der Waals surface area (Å²) >= 11 is 0. The molecule has 0 aromatic carbocycles. The number of carbonyl (C=O) groups excluding carboxylic acids is 1. The van der Waals surface area contributed by atoms with E-state index >= 15 is 0 Å². The first-order valence-corrected chi connectivity index (χ1v) is 8.97. The monoisotopic (exact) mass is 349 g/mol. The van der Waals surface area contributed by atoms with Gasteiger partial charge in [-0.05, 0) is 12.8 Å². The van der Waals surface area contributed by atoms with Crippen molar-refractivity contribution in [1.82, 2.24) is 0 Å². The Morgan fingerprint density at radius 1 is 0.636 bits per heavy atom. The van der Waals surface area contributed by atoms with Crippen LogP contribution in [-0.4, -0.2) is 11.4 Å². The Kier molecular flexibility index (Phi) is 28.7. The summed E-state index contributed by atoms with van der Waals surface area (Å²) in [4.78, 5) is 10.2. The predicted octanol–water partition coefficient (Wildman–Crippen LogP) is 4.17. The van der Waals surface area contributed by atoms with E-state index in [0.717, 1.165) is 12.8 Å². The van der Waals surface area contributed by atoms with Gasteiger partial charge in [0.15, 0.2) is 0 Å². The maximum Gasteiger partial charge on any atom is 0.0414 e. The number of carboxylic acids is 1. The summed E-state index contributed by atoms with van der Waals surface area (Å²) in [6, 6.07) is 0. The van der Waals surface area contributed by atoms with Crippen LogP contribution in [0.4, 0.5) is 0 Å². The van der Waals surface area contributed by atoms with Crippen LogP contribution >= 0.6 is 0 Å². The average Bonchev–Trinajstić information content (AvgIpc) is 2.43. The van der Waals surface area contributed by atoms with Crippen molar-refractivity contribution in [3.05, 3.63) is 0 Å². The number of rotatable bonds is 16. The smallest absolute Gasteiger partial charge is 0.0414 e. The third-order valence-corrected chi connectivity index (χ3v) is 3.98. The van der Waals surface area contributed by atoms with Crippen LogP contribution in [0.5, 0.6) is 0 Å². The first-order valence-electron chi connectivity index (χ1n) is 8.97. The number of hydrogen-bond donors (Lipinski definition) is 0. The molecular formula is C18H37O3Ti-. The Bertz CT molecular complexity index is 211. The maximum absolute atomic E-state index is 10.2. The van der Waals surface area contributed by atoms with Crippen molar-refractivity contribution in [3.8, 4) is 0 Å². The molecule has 0 aromatic heterocycles. The number of unbranched alkanes of at least 4 members (excludes halogenated alkanes) is 14. The first-order chi connectivity index (χ1) is 9.77. The van der Waals surface area contributed by atoms with Gasteiger partial charge in [0, 0.05) is 27.7 Å². The molecule has 0 aliphatic carbocycles. The van der Waals surface area contributed by atoms with E-state index in [9.17, 15) is 9.90 Å². The summed E-state index contributed by atoms with van der Waals surface area (Å²) in [6.07, 6.45) is 19.9. The van der Waals surface area contributed by atoms with E-state index < -0.39 is 5.97 Å². The molecule has 0 spiro atoms. The summed E-state index contributed by atoms with van der Waals surface area (Å²) in [6.45, 7) is 2.27. The van der Waals surface area contributed by atoms with Crippen molar-refractivity contribution >= 4 is 5.97 Å². The second kappa shape index (κ2) is 23.4. The van der Waals surface area contributed by atoms with Crippen LogP contribution in [0.3, 0.4) is 0 Å². The van der Waals surface area contributed by atoms with Gasteiger partial charge in [0.2, 0.25) is 0 Å². The van der Waals surface area contributed by atoms with Crippen LogP contribution in [0.25, 0.3) is 0 Å². The van der Waals surface area contributed by atoms with Crippen LogP contribution in [0.15, 0.2) is 0 Å². The third kappa shape index (κ3) is 25.1.